The third-order valence-electron chi connectivity index (χ3n) is 2.16. The Morgan fingerprint density at radius 3 is 2.73 bits per heavy atom. The Bertz CT molecular complexity index is 528. The zero-order valence-electron chi connectivity index (χ0n) is 8.12. The van der Waals surface area contributed by atoms with Crippen LogP contribution in [0, 0.1) is 6.92 Å². The summed E-state index contributed by atoms with van der Waals surface area (Å²) < 4.78 is 0. The molecule has 1 aromatic heterocycles. The van der Waals surface area contributed by atoms with Gasteiger partial charge in [-0.25, -0.2) is 9.78 Å². The van der Waals surface area contributed by atoms with E-state index in [1.54, 1.807) is 12.4 Å². The van der Waals surface area contributed by atoms with Crippen molar-refractivity contribution in [2.24, 2.45) is 0 Å². The second kappa shape index (κ2) is 3.87. The Kier molecular flexibility index (Phi) is 2.56. The van der Waals surface area contributed by atoms with E-state index < -0.39 is 0 Å². The molecule has 0 amide bonds. The van der Waals surface area contributed by atoms with Crippen molar-refractivity contribution in [1.29, 1.82) is 0 Å². The van der Waals surface area contributed by atoms with Gasteiger partial charge in [-0.05, 0) is 30.2 Å². The fraction of sp³-hybridized carbons (Fsp3) is 0.0909. The Hall–Kier alpha value is -1.61. The molecule has 0 unspecified atom stereocenters. The SMILES string of the molecule is Cc1cc(-c2cnc(=O)[nH]c2)ccc1Cl. The van der Waals surface area contributed by atoms with Crippen molar-refractivity contribution in [3.63, 3.8) is 0 Å². The second-order valence-electron chi connectivity index (χ2n) is 3.27. The van der Waals surface area contributed by atoms with Crippen molar-refractivity contribution in [1.82, 2.24) is 9.97 Å². The molecule has 2 aromatic rings. The number of benzene rings is 1. The standard InChI is InChI=1S/C11H9ClN2O/c1-7-4-8(2-3-10(7)12)9-5-13-11(15)14-6-9/h2-6H,1H3,(H,13,14,15). The maximum absolute atomic E-state index is 10.8. The first kappa shape index (κ1) is 9.93. The first-order valence-corrected chi connectivity index (χ1v) is 4.86. The molecular weight excluding hydrogens is 212 g/mol. The fourth-order valence-electron chi connectivity index (χ4n) is 1.32. The summed E-state index contributed by atoms with van der Waals surface area (Å²) in [6.45, 7) is 1.94. The van der Waals surface area contributed by atoms with Crippen LogP contribution in [0.2, 0.25) is 5.02 Å². The Balaban J connectivity index is 2.50. The fourth-order valence-corrected chi connectivity index (χ4v) is 1.44. The number of aromatic nitrogens is 2. The molecule has 0 bridgehead atoms. The molecule has 1 N–H and O–H groups in total. The predicted molar refractivity (Wildman–Crippen MR) is 60.0 cm³/mol. The van der Waals surface area contributed by atoms with Crippen LogP contribution in [-0.2, 0) is 0 Å². The smallest absolute Gasteiger partial charge is 0.312 e. The van der Waals surface area contributed by atoms with Gasteiger partial charge in [-0.3, -0.25) is 0 Å². The normalized spacial score (nSPS) is 10.3. The van der Waals surface area contributed by atoms with E-state index in [0.29, 0.717) is 0 Å². The van der Waals surface area contributed by atoms with Crippen LogP contribution in [0.3, 0.4) is 0 Å². The molecule has 76 valence electrons. The molecule has 4 heteroatoms. The quantitative estimate of drug-likeness (QED) is 0.802. The first-order valence-electron chi connectivity index (χ1n) is 4.48. The Labute approximate surface area is 91.8 Å². The minimum atomic E-state index is -0.343. The van der Waals surface area contributed by atoms with Crippen LogP contribution in [-0.4, -0.2) is 9.97 Å². The molecule has 0 spiro atoms. The number of halogens is 1. The van der Waals surface area contributed by atoms with Gasteiger partial charge < -0.3 is 4.98 Å². The topological polar surface area (TPSA) is 45.8 Å². The zero-order chi connectivity index (χ0) is 10.8. The molecular formula is C11H9ClN2O. The number of hydrogen-bond donors (Lipinski definition) is 1. The molecule has 0 radical (unpaired) electrons. The Morgan fingerprint density at radius 2 is 2.13 bits per heavy atom. The van der Waals surface area contributed by atoms with Crippen molar-refractivity contribution in [3.8, 4) is 11.1 Å². The van der Waals surface area contributed by atoms with E-state index in [0.717, 1.165) is 21.7 Å². The minimum absolute atomic E-state index is 0.343. The van der Waals surface area contributed by atoms with Crippen molar-refractivity contribution in [2.45, 2.75) is 6.92 Å². The van der Waals surface area contributed by atoms with Crippen LogP contribution in [0.4, 0.5) is 0 Å². The molecule has 3 nitrogen and oxygen atoms in total. The molecule has 0 aliphatic carbocycles. The van der Waals surface area contributed by atoms with Crippen LogP contribution in [0.1, 0.15) is 5.56 Å². The van der Waals surface area contributed by atoms with E-state index >= 15 is 0 Å². The predicted octanol–water partition coefficient (Wildman–Crippen LogP) is 2.40. The lowest BCUT2D eigenvalue weighted by atomic mass is 10.1. The number of aryl methyl sites for hydroxylation is 1. The van der Waals surface area contributed by atoms with Crippen molar-refractivity contribution >= 4 is 11.6 Å². The maximum atomic E-state index is 10.8. The minimum Gasteiger partial charge on any atom is -0.312 e. The van der Waals surface area contributed by atoms with Crippen molar-refractivity contribution < 1.29 is 0 Å². The van der Waals surface area contributed by atoms with Gasteiger partial charge >= 0.3 is 5.69 Å². The van der Waals surface area contributed by atoms with E-state index in [4.69, 9.17) is 11.6 Å². The summed E-state index contributed by atoms with van der Waals surface area (Å²) in [5, 5.41) is 0.733. The van der Waals surface area contributed by atoms with Crippen molar-refractivity contribution in [3.05, 3.63) is 51.7 Å². The third kappa shape index (κ3) is 2.07. The van der Waals surface area contributed by atoms with E-state index in [-0.39, 0.29) is 5.69 Å². The molecule has 0 aliphatic rings. The number of nitrogens with one attached hydrogen (secondary N) is 1. The average Bonchev–Trinajstić information content (AvgIpc) is 2.23. The van der Waals surface area contributed by atoms with Crippen LogP contribution in [0.25, 0.3) is 11.1 Å². The molecule has 0 saturated heterocycles. The summed E-state index contributed by atoms with van der Waals surface area (Å²) in [4.78, 5) is 17.0. The highest BCUT2D eigenvalue weighted by Gasteiger charge is 2.00. The Morgan fingerprint density at radius 1 is 1.33 bits per heavy atom. The van der Waals surface area contributed by atoms with Gasteiger partial charge in [-0.15, -0.1) is 0 Å². The monoisotopic (exact) mass is 220 g/mol. The summed E-state index contributed by atoms with van der Waals surface area (Å²) >= 11 is 5.92. The molecule has 0 atom stereocenters. The van der Waals surface area contributed by atoms with E-state index in [2.05, 4.69) is 9.97 Å². The van der Waals surface area contributed by atoms with Crippen LogP contribution >= 0.6 is 11.6 Å². The lowest BCUT2D eigenvalue weighted by Crippen LogP contribution is -2.07. The highest BCUT2D eigenvalue weighted by molar-refractivity contribution is 6.31. The summed E-state index contributed by atoms with van der Waals surface area (Å²) in [6, 6.07) is 5.68. The summed E-state index contributed by atoms with van der Waals surface area (Å²) in [5.74, 6) is 0. The van der Waals surface area contributed by atoms with E-state index in [1.165, 1.54) is 0 Å². The molecule has 0 fully saturated rings. The van der Waals surface area contributed by atoms with Gasteiger partial charge in [0.15, 0.2) is 0 Å². The average molecular weight is 221 g/mol. The van der Waals surface area contributed by atoms with Gasteiger partial charge in [-0.2, -0.15) is 0 Å². The maximum Gasteiger partial charge on any atom is 0.344 e. The van der Waals surface area contributed by atoms with E-state index in [9.17, 15) is 4.79 Å². The highest BCUT2D eigenvalue weighted by Crippen LogP contribution is 2.23. The summed E-state index contributed by atoms with van der Waals surface area (Å²) in [5.41, 5.74) is 2.51. The molecule has 15 heavy (non-hydrogen) atoms. The number of nitrogens with zero attached hydrogens (tertiary/aromatic N) is 1. The zero-order valence-corrected chi connectivity index (χ0v) is 8.88. The number of aromatic amines is 1. The summed E-state index contributed by atoms with van der Waals surface area (Å²) in [7, 11) is 0. The van der Waals surface area contributed by atoms with Gasteiger partial charge in [0.05, 0.1) is 0 Å². The molecule has 1 heterocycles. The molecule has 1 aromatic carbocycles. The first-order chi connectivity index (χ1) is 7.16. The molecule has 0 saturated carbocycles. The molecule has 2 rings (SSSR count). The number of rotatable bonds is 1. The van der Waals surface area contributed by atoms with E-state index in [1.807, 2.05) is 25.1 Å². The number of H-pyrrole nitrogens is 1. The lowest BCUT2D eigenvalue weighted by Gasteiger charge is -2.03. The van der Waals surface area contributed by atoms with Crippen LogP contribution in [0.5, 0.6) is 0 Å². The van der Waals surface area contributed by atoms with Gasteiger partial charge in [0.1, 0.15) is 0 Å². The molecule has 0 aliphatic heterocycles. The van der Waals surface area contributed by atoms with Gasteiger partial charge in [0.25, 0.3) is 0 Å². The summed E-state index contributed by atoms with van der Waals surface area (Å²) in [6.07, 6.45) is 3.18. The van der Waals surface area contributed by atoms with Gasteiger partial charge in [0, 0.05) is 23.0 Å². The van der Waals surface area contributed by atoms with Gasteiger partial charge in [-0.1, -0.05) is 17.7 Å². The third-order valence-corrected chi connectivity index (χ3v) is 2.59. The van der Waals surface area contributed by atoms with Crippen LogP contribution in [0.15, 0.2) is 35.4 Å². The highest BCUT2D eigenvalue weighted by atomic mass is 35.5. The second-order valence-corrected chi connectivity index (χ2v) is 3.68. The largest absolute Gasteiger partial charge is 0.344 e. The van der Waals surface area contributed by atoms with Crippen LogP contribution < -0.4 is 5.69 Å². The van der Waals surface area contributed by atoms with Gasteiger partial charge in [0.2, 0.25) is 0 Å². The lowest BCUT2D eigenvalue weighted by molar-refractivity contribution is 1.08. The van der Waals surface area contributed by atoms with Crippen molar-refractivity contribution in [2.75, 3.05) is 0 Å². The number of hydrogen-bond acceptors (Lipinski definition) is 2.